The number of benzene rings is 2. The van der Waals surface area contributed by atoms with Crippen molar-refractivity contribution in [2.45, 2.75) is 22.0 Å². The van der Waals surface area contributed by atoms with Crippen LogP contribution in [0, 0.1) is 0 Å². The Morgan fingerprint density at radius 2 is 1.68 bits per heavy atom. The van der Waals surface area contributed by atoms with Gasteiger partial charge in [-0.3, -0.25) is 4.72 Å². The lowest BCUT2D eigenvalue weighted by Gasteiger charge is -2.12. The number of fused-ring (bicyclic) bond motifs is 1. The number of sulfonamides is 1. The zero-order valence-corrected chi connectivity index (χ0v) is 14.6. The predicted molar refractivity (Wildman–Crippen MR) is 91.2 cm³/mol. The van der Waals surface area contributed by atoms with Crippen molar-refractivity contribution in [1.82, 2.24) is 0 Å². The Kier molecular flexibility index (Phi) is 5.33. The lowest BCUT2D eigenvalue weighted by Crippen LogP contribution is -2.13. The molecule has 0 fully saturated rings. The van der Waals surface area contributed by atoms with Crippen LogP contribution in [0.5, 0.6) is 11.5 Å². The van der Waals surface area contributed by atoms with Gasteiger partial charge in [0.05, 0.1) is 18.1 Å². The van der Waals surface area contributed by atoms with Crippen LogP contribution in [0.25, 0.3) is 0 Å². The first kappa shape index (κ1) is 17.8. The van der Waals surface area contributed by atoms with Gasteiger partial charge in [-0.2, -0.15) is 8.78 Å². The molecule has 0 bridgehead atoms. The summed E-state index contributed by atoms with van der Waals surface area (Å²) < 4.78 is 63.0. The van der Waals surface area contributed by atoms with Gasteiger partial charge in [-0.15, -0.1) is 0 Å². The van der Waals surface area contributed by atoms with Gasteiger partial charge in [-0.25, -0.2) is 8.42 Å². The molecule has 0 amide bonds. The molecule has 0 spiro atoms. The fourth-order valence-corrected chi connectivity index (χ4v) is 3.80. The van der Waals surface area contributed by atoms with E-state index in [1.807, 2.05) is 0 Å². The molecule has 134 valence electrons. The van der Waals surface area contributed by atoms with E-state index < -0.39 is 15.8 Å². The van der Waals surface area contributed by atoms with Crippen LogP contribution in [0.15, 0.2) is 52.3 Å². The van der Waals surface area contributed by atoms with E-state index in [4.69, 9.17) is 9.47 Å². The maximum atomic E-state index is 12.5. The summed E-state index contributed by atoms with van der Waals surface area (Å²) >= 11 is 0.398. The Bertz CT molecular complexity index is 842. The topological polar surface area (TPSA) is 64.6 Å². The summed E-state index contributed by atoms with van der Waals surface area (Å²) in [6.07, 6.45) is 0.720. The quantitative estimate of drug-likeness (QED) is 0.787. The molecule has 3 rings (SSSR count). The smallest absolute Gasteiger partial charge is 0.288 e. The molecule has 1 heterocycles. The van der Waals surface area contributed by atoms with E-state index in [0.29, 0.717) is 41.4 Å². The van der Waals surface area contributed by atoms with Crippen LogP contribution in [0.2, 0.25) is 0 Å². The molecule has 0 radical (unpaired) electrons. The molecule has 0 aliphatic carbocycles. The van der Waals surface area contributed by atoms with Crippen molar-refractivity contribution in [3.8, 4) is 11.5 Å². The van der Waals surface area contributed by atoms with E-state index in [-0.39, 0.29) is 10.6 Å². The van der Waals surface area contributed by atoms with Crippen LogP contribution in [0.3, 0.4) is 0 Å². The summed E-state index contributed by atoms with van der Waals surface area (Å²) in [7, 11) is -3.84. The minimum absolute atomic E-state index is 0.0304. The third-order valence-corrected chi connectivity index (χ3v) is 5.46. The van der Waals surface area contributed by atoms with Gasteiger partial charge < -0.3 is 9.47 Å². The molecule has 5 nitrogen and oxygen atoms in total. The standard InChI is InChI=1S/C16H15F2NO4S2/c17-16(18)24-12-4-2-11(3-5-12)19-25(20,21)13-6-7-14-15(10-13)23-9-1-8-22-14/h2-7,10,16,19H,1,8-9H2. The third-order valence-electron chi connectivity index (χ3n) is 3.36. The SMILES string of the molecule is O=S(=O)(Nc1ccc(SC(F)F)cc1)c1ccc2c(c1)OCCCO2. The second-order valence-electron chi connectivity index (χ2n) is 5.17. The first-order valence-electron chi connectivity index (χ1n) is 7.41. The highest BCUT2D eigenvalue weighted by molar-refractivity contribution is 7.99. The first-order valence-corrected chi connectivity index (χ1v) is 9.78. The van der Waals surface area contributed by atoms with Crippen molar-refractivity contribution in [1.29, 1.82) is 0 Å². The van der Waals surface area contributed by atoms with Gasteiger partial charge >= 0.3 is 0 Å². The van der Waals surface area contributed by atoms with Crippen molar-refractivity contribution in [2.24, 2.45) is 0 Å². The van der Waals surface area contributed by atoms with Gasteiger partial charge in [0, 0.05) is 23.1 Å². The van der Waals surface area contributed by atoms with E-state index in [2.05, 4.69) is 4.72 Å². The van der Waals surface area contributed by atoms with E-state index >= 15 is 0 Å². The Hall–Kier alpha value is -2.00. The second kappa shape index (κ2) is 7.49. The predicted octanol–water partition coefficient (Wildman–Crippen LogP) is 3.96. The van der Waals surface area contributed by atoms with Crippen LogP contribution in [-0.4, -0.2) is 27.4 Å². The minimum Gasteiger partial charge on any atom is -0.490 e. The molecule has 25 heavy (non-hydrogen) atoms. The zero-order chi connectivity index (χ0) is 17.9. The van der Waals surface area contributed by atoms with Gasteiger partial charge in [-0.1, -0.05) is 11.8 Å². The Labute approximate surface area is 148 Å². The van der Waals surface area contributed by atoms with E-state index in [1.54, 1.807) is 6.07 Å². The van der Waals surface area contributed by atoms with Crippen molar-refractivity contribution >= 4 is 27.5 Å². The van der Waals surface area contributed by atoms with Crippen LogP contribution in [-0.2, 0) is 10.0 Å². The van der Waals surface area contributed by atoms with Crippen LogP contribution >= 0.6 is 11.8 Å². The molecule has 0 unspecified atom stereocenters. The van der Waals surface area contributed by atoms with Gasteiger partial charge in [0.1, 0.15) is 0 Å². The maximum absolute atomic E-state index is 12.5. The highest BCUT2D eigenvalue weighted by Gasteiger charge is 2.19. The third kappa shape index (κ3) is 4.55. The number of anilines is 1. The highest BCUT2D eigenvalue weighted by Crippen LogP contribution is 2.33. The molecule has 1 aliphatic rings. The lowest BCUT2D eigenvalue weighted by atomic mass is 10.3. The molecule has 0 atom stereocenters. The summed E-state index contributed by atoms with van der Waals surface area (Å²) in [6.45, 7) is 0.966. The van der Waals surface area contributed by atoms with Crippen molar-refractivity contribution in [2.75, 3.05) is 17.9 Å². The highest BCUT2D eigenvalue weighted by atomic mass is 32.2. The van der Waals surface area contributed by atoms with Gasteiger partial charge in [-0.05, 0) is 36.4 Å². The Morgan fingerprint density at radius 1 is 1.00 bits per heavy atom. The summed E-state index contributed by atoms with van der Waals surface area (Å²) in [5.41, 5.74) is 0.283. The molecule has 0 saturated heterocycles. The number of halogens is 2. The summed E-state index contributed by atoms with van der Waals surface area (Å²) in [4.78, 5) is 0.385. The molecule has 2 aromatic carbocycles. The average Bonchev–Trinajstić information content (AvgIpc) is 2.80. The van der Waals surface area contributed by atoms with Gasteiger partial charge in [0.2, 0.25) is 0 Å². The van der Waals surface area contributed by atoms with Crippen LogP contribution in [0.1, 0.15) is 6.42 Å². The summed E-state index contributed by atoms with van der Waals surface area (Å²) in [6, 6.07) is 10.1. The van der Waals surface area contributed by atoms with Crippen LogP contribution in [0.4, 0.5) is 14.5 Å². The van der Waals surface area contributed by atoms with E-state index in [0.717, 1.165) is 6.42 Å². The molecule has 1 N–H and O–H groups in total. The monoisotopic (exact) mass is 387 g/mol. The number of rotatable bonds is 5. The molecular weight excluding hydrogens is 372 g/mol. The lowest BCUT2D eigenvalue weighted by molar-refractivity contribution is 0.252. The zero-order valence-electron chi connectivity index (χ0n) is 12.9. The fraction of sp³-hybridized carbons (Fsp3) is 0.250. The van der Waals surface area contributed by atoms with Crippen molar-refractivity contribution in [3.05, 3.63) is 42.5 Å². The first-order chi connectivity index (χ1) is 11.9. The molecule has 0 saturated carbocycles. The fourth-order valence-electron chi connectivity index (χ4n) is 2.23. The summed E-state index contributed by atoms with van der Waals surface area (Å²) in [5.74, 6) is -1.64. The number of hydrogen-bond donors (Lipinski definition) is 1. The number of alkyl halides is 2. The summed E-state index contributed by atoms with van der Waals surface area (Å²) in [5, 5.41) is 0. The number of ether oxygens (including phenoxy) is 2. The largest absolute Gasteiger partial charge is 0.490 e. The average molecular weight is 387 g/mol. The second-order valence-corrected chi connectivity index (χ2v) is 7.91. The minimum atomic E-state index is -3.84. The Morgan fingerprint density at radius 3 is 2.36 bits per heavy atom. The maximum Gasteiger partial charge on any atom is 0.288 e. The molecular formula is C16H15F2NO4S2. The van der Waals surface area contributed by atoms with Crippen molar-refractivity contribution < 1.29 is 26.7 Å². The number of hydrogen-bond acceptors (Lipinski definition) is 5. The molecule has 1 aliphatic heterocycles. The number of nitrogens with one attached hydrogen (secondary N) is 1. The van der Waals surface area contributed by atoms with Gasteiger partial charge in [0.25, 0.3) is 15.8 Å². The molecule has 2 aromatic rings. The van der Waals surface area contributed by atoms with E-state index in [9.17, 15) is 17.2 Å². The Balaban J connectivity index is 1.78. The van der Waals surface area contributed by atoms with Crippen LogP contribution < -0.4 is 14.2 Å². The normalized spacial score (nSPS) is 14.2. The van der Waals surface area contributed by atoms with E-state index in [1.165, 1.54) is 36.4 Å². The number of thioether (sulfide) groups is 1. The van der Waals surface area contributed by atoms with Gasteiger partial charge in [0.15, 0.2) is 11.5 Å². The molecule has 9 heteroatoms. The van der Waals surface area contributed by atoms with Crippen molar-refractivity contribution in [3.63, 3.8) is 0 Å². The molecule has 0 aromatic heterocycles.